The molecule has 1 unspecified atom stereocenters. The van der Waals surface area contributed by atoms with E-state index in [4.69, 9.17) is 9.47 Å². The van der Waals surface area contributed by atoms with Gasteiger partial charge in [-0.3, -0.25) is 9.36 Å². The Labute approximate surface area is 233 Å². The van der Waals surface area contributed by atoms with Gasteiger partial charge >= 0.3 is 17.8 Å². The van der Waals surface area contributed by atoms with E-state index in [1.807, 2.05) is 56.3 Å². The number of hydrogen-bond donors (Lipinski definition) is 0. The summed E-state index contributed by atoms with van der Waals surface area (Å²) in [6, 6.07) is 17.2. The first-order chi connectivity index (χ1) is 19.0. The van der Waals surface area contributed by atoms with Gasteiger partial charge in [-0.15, -0.1) is 16.9 Å². The maximum Gasteiger partial charge on any atom is 0.416 e. The maximum atomic E-state index is 13.1. The first-order valence-electron chi connectivity index (χ1n) is 12.4. The largest absolute Gasteiger partial charge is 0.477 e. The number of nitrogens with zero attached hydrogens (tertiary/aromatic N) is 3. The Hall–Kier alpha value is -3.99. The van der Waals surface area contributed by atoms with Crippen molar-refractivity contribution < 1.29 is 27.4 Å². The lowest BCUT2D eigenvalue weighted by Crippen LogP contribution is -2.23. The molecule has 0 aliphatic carbocycles. The van der Waals surface area contributed by atoms with Crippen molar-refractivity contribution in [3.05, 3.63) is 105 Å². The molecule has 0 saturated heterocycles. The second kappa shape index (κ2) is 12.0. The highest BCUT2D eigenvalue weighted by atomic mass is 32.2. The van der Waals surface area contributed by atoms with Crippen molar-refractivity contribution >= 4 is 17.7 Å². The van der Waals surface area contributed by atoms with Crippen LogP contribution in [0.25, 0.3) is 5.69 Å². The molecule has 0 spiro atoms. The molecule has 0 aliphatic rings. The van der Waals surface area contributed by atoms with E-state index in [-0.39, 0.29) is 23.2 Å². The van der Waals surface area contributed by atoms with Crippen molar-refractivity contribution in [2.24, 2.45) is 7.05 Å². The summed E-state index contributed by atoms with van der Waals surface area (Å²) in [7, 11) is 1.54. The molecule has 0 fully saturated rings. The van der Waals surface area contributed by atoms with Gasteiger partial charge in [-0.05, 0) is 68.3 Å². The van der Waals surface area contributed by atoms with E-state index in [9.17, 15) is 22.8 Å². The Balaban J connectivity index is 1.70. The Morgan fingerprint density at radius 2 is 1.70 bits per heavy atom. The molecular weight excluding hydrogens is 543 g/mol. The van der Waals surface area contributed by atoms with E-state index in [0.29, 0.717) is 12.4 Å². The lowest BCUT2D eigenvalue weighted by molar-refractivity contribution is -0.140. The van der Waals surface area contributed by atoms with E-state index in [2.05, 4.69) is 5.10 Å². The van der Waals surface area contributed by atoms with Gasteiger partial charge in [0.15, 0.2) is 11.9 Å². The monoisotopic (exact) mass is 571 g/mol. The molecule has 0 saturated carbocycles. The van der Waals surface area contributed by atoms with Crippen molar-refractivity contribution in [1.82, 2.24) is 14.3 Å². The minimum Gasteiger partial charge on any atom is -0.477 e. The molecular formula is C29H28F3N3O4S. The minimum atomic E-state index is -4.49. The van der Waals surface area contributed by atoms with Gasteiger partial charge in [0, 0.05) is 17.5 Å². The average Bonchev–Trinajstić information content (AvgIpc) is 3.22. The molecule has 4 aromatic rings. The van der Waals surface area contributed by atoms with Crippen molar-refractivity contribution in [1.29, 1.82) is 0 Å². The molecule has 1 heterocycles. The van der Waals surface area contributed by atoms with Gasteiger partial charge in [-0.2, -0.15) is 17.9 Å². The number of esters is 1. The number of aromatic nitrogens is 3. The number of alkyl halides is 3. The summed E-state index contributed by atoms with van der Waals surface area (Å²) in [6.07, 6.45) is -5.29. The van der Waals surface area contributed by atoms with Gasteiger partial charge in [-0.25, -0.2) is 4.79 Å². The molecule has 0 N–H and O–H groups in total. The van der Waals surface area contributed by atoms with Crippen LogP contribution < -0.4 is 10.4 Å². The number of rotatable bonds is 9. The number of carbonyl (C=O) groups is 1. The highest BCUT2D eigenvalue weighted by Crippen LogP contribution is 2.34. The SMILES string of the molecule is CCOC(=O)CSc1cc(C)c(OC(c2ccccc2)c2nn(-c3ccc(C(F)(F)F)cc3)c(=O)n2C)cc1C. The lowest BCUT2D eigenvalue weighted by atomic mass is 10.1. The normalized spacial score (nSPS) is 12.3. The van der Waals surface area contributed by atoms with E-state index < -0.39 is 23.5 Å². The third-order valence-electron chi connectivity index (χ3n) is 6.16. The van der Waals surface area contributed by atoms with Crippen LogP contribution in [-0.2, 0) is 22.8 Å². The Kier molecular flexibility index (Phi) is 8.73. The quantitative estimate of drug-likeness (QED) is 0.180. The number of aryl methyl sites for hydroxylation is 2. The summed E-state index contributed by atoms with van der Waals surface area (Å²) in [5.74, 6) is 0.723. The highest BCUT2D eigenvalue weighted by Gasteiger charge is 2.30. The highest BCUT2D eigenvalue weighted by molar-refractivity contribution is 8.00. The zero-order valence-corrected chi connectivity index (χ0v) is 23.2. The summed E-state index contributed by atoms with van der Waals surface area (Å²) in [5.41, 5.74) is 1.28. The van der Waals surface area contributed by atoms with Gasteiger partial charge in [0.2, 0.25) is 0 Å². The van der Waals surface area contributed by atoms with Crippen molar-refractivity contribution in [3.8, 4) is 11.4 Å². The van der Waals surface area contributed by atoms with Crippen molar-refractivity contribution in [2.75, 3.05) is 12.4 Å². The predicted molar refractivity (Wildman–Crippen MR) is 146 cm³/mol. The second-order valence-electron chi connectivity index (χ2n) is 9.04. The fourth-order valence-corrected chi connectivity index (χ4v) is 4.95. The molecule has 1 atom stereocenters. The number of carbonyl (C=O) groups excluding carboxylic acids is 1. The third kappa shape index (κ3) is 6.41. The summed E-state index contributed by atoms with van der Waals surface area (Å²) in [6.45, 7) is 5.87. The van der Waals surface area contributed by atoms with Gasteiger partial charge in [0.25, 0.3) is 0 Å². The Bertz CT molecular complexity index is 1550. The Morgan fingerprint density at radius 1 is 1.02 bits per heavy atom. The third-order valence-corrected chi connectivity index (χ3v) is 7.29. The zero-order chi connectivity index (χ0) is 29.0. The molecule has 1 aromatic heterocycles. The van der Waals surface area contributed by atoms with Crippen LogP contribution in [0.4, 0.5) is 13.2 Å². The van der Waals surface area contributed by atoms with Crippen LogP contribution in [0.15, 0.2) is 76.4 Å². The zero-order valence-electron chi connectivity index (χ0n) is 22.4. The van der Waals surface area contributed by atoms with E-state index in [1.165, 1.54) is 35.5 Å². The smallest absolute Gasteiger partial charge is 0.416 e. The van der Waals surface area contributed by atoms with Gasteiger partial charge in [0.05, 0.1) is 23.6 Å². The van der Waals surface area contributed by atoms with Gasteiger partial charge in [0.1, 0.15) is 5.75 Å². The first-order valence-corrected chi connectivity index (χ1v) is 13.4. The van der Waals surface area contributed by atoms with Crippen LogP contribution >= 0.6 is 11.8 Å². The molecule has 3 aromatic carbocycles. The molecule has 0 bridgehead atoms. The van der Waals surface area contributed by atoms with Crippen LogP contribution in [0.5, 0.6) is 5.75 Å². The van der Waals surface area contributed by atoms with Crippen LogP contribution in [-0.4, -0.2) is 32.7 Å². The number of ether oxygens (including phenoxy) is 2. The van der Waals surface area contributed by atoms with E-state index in [1.54, 1.807) is 6.92 Å². The summed E-state index contributed by atoms with van der Waals surface area (Å²) >= 11 is 1.38. The average molecular weight is 572 g/mol. The molecule has 40 heavy (non-hydrogen) atoms. The van der Waals surface area contributed by atoms with E-state index in [0.717, 1.165) is 38.4 Å². The van der Waals surface area contributed by atoms with Crippen LogP contribution in [0.2, 0.25) is 0 Å². The standard InChI is InChI=1S/C29H28F3N3O4S/c1-5-38-25(36)17-40-24-16-18(2)23(15-19(24)3)39-26(20-9-7-6-8-10-20)27-33-35(28(37)34(27)4)22-13-11-21(12-14-22)29(30,31)32/h6-16,26H,5,17H2,1-4H3. The number of thioether (sulfide) groups is 1. The molecule has 11 heteroatoms. The van der Waals surface area contributed by atoms with Crippen molar-refractivity contribution in [2.45, 2.75) is 37.9 Å². The van der Waals surface area contributed by atoms with Crippen molar-refractivity contribution in [3.63, 3.8) is 0 Å². The van der Waals surface area contributed by atoms with Crippen LogP contribution in [0.1, 0.15) is 41.1 Å². The lowest BCUT2D eigenvalue weighted by Gasteiger charge is -2.21. The summed E-state index contributed by atoms with van der Waals surface area (Å²) in [4.78, 5) is 25.9. The molecule has 0 aliphatic heterocycles. The molecule has 7 nitrogen and oxygen atoms in total. The summed E-state index contributed by atoms with van der Waals surface area (Å²) in [5, 5.41) is 4.49. The molecule has 0 amide bonds. The predicted octanol–water partition coefficient (Wildman–Crippen LogP) is 6.03. The molecule has 0 radical (unpaired) electrons. The number of benzene rings is 3. The summed E-state index contributed by atoms with van der Waals surface area (Å²) < 4.78 is 53.0. The number of hydrogen-bond acceptors (Lipinski definition) is 6. The second-order valence-corrected chi connectivity index (χ2v) is 10.1. The fourth-order valence-electron chi connectivity index (χ4n) is 4.05. The van der Waals surface area contributed by atoms with Gasteiger partial charge in [-0.1, -0.05) is 30.3 Å². The first kappa shape index (κ1) is 29.0. The molecule has 210 valence electrons. The fraction of sp³-hybridized carbons (Fsp3) is 0.276. The van der Waals surface area contributed by atoms with Crippen LogP contribution in [0, 0.1) is 13.8 Å². The van der Waals surface area contributed by atoms with Crippen LogP contribution in [0.3, 0.4) is 0 Å². The number of halogens is 3. The minimum absolute atomic E-state index is 0.185. The topological polar surface area (TPSA) is 75.3 Å². The van der Waals surface area contributed by atoms with Gasteiger partial charge < -0.3 is 9.47 Å². The molecule has 4 rings (SSSR count). The maximum absolute atomic E-state index is 13.1. The van der Waals surface area contributed by atoms with E-state index >= 15 is 0 Å². The Morgan fingerprint density at radius 3 is 2.33 bits per heavy atom.